The minimum Gasteiger partial charge on any atom is -0.484 e. The van der Waals surface area contributed by atoms with E-state index in [1.807, 2.05) is 19.1 Å². The number of aryl methyl sites for hydroxylation is 1. The van der Waals surface area contributed by atoms with Crippen LogP contribution in [0.3, 0.4) is 0 Å². The Balaban J connectivity index is 1.26. The van der Waals surface area contributed by atoms with Gasteiger partial charge in [-0.25, -0.2) is 34.1 Å². The van der Waals surface area contributed by atoms with Crippen LogP contribution in [0.1, 0.15) is 30.0 Å². The zero-order chi connectivity index (χ0) is 31.4. The molecule has 0 aliphatic heterocycles. The number of benzene rings is 2. The van der Waals surface area contributed by atoms with Gasteiger partial charge in [0.15, 0.2) is 11.6 Å². The summed E-state index contributed by atoms with van der Waals surface area (Å²) < 4.78 is 32.2. The Kier molecular flexibility index (Phi) is 9.06. The minimum absolute atomic E-state index is 0.0156. The van der Waals surface area contributed by atoms with Crippen LogP contribution in [0, 0.1) is 12.7 Å². The van der Waals surface area contributed by atoms with Gasteiger partial charge in [0.2, 0.25) is 11.7 Å². The topological polar surface area (TPSA) is 171 Å². The fourth-order valence-corrected chi connectivity index (χ4v) is 5.10. The van der Waals surface area contributed by atoms with Gasteiger partial charge in [-0.3, -0.25) is 10.1 Å². The first-order chi connectivity index (χ1) is 21.1. The monoisotopic (exact) mass is 621 g/mol. The summed E-state index contributed by atoms with van der Waals surface area (Å²) >= 11 is 1.36. The fraction of sp³-hybridized carbons (Fsp3) is 0.276. The Hall–Kier alpha value is -5.02. The highest BCUT2D eigenvalue weighted by atomic mass is 32.1. The number of aromatic nitrogens is 5. The first kappa shape index (κ1) is 30.4. The number of ether oxygens (including phenoxy) is 3. The molecule has 0 saturated carbocycles. The molecule has 44 heavy (non-hydrogen) atoms. The number of hydrogen-bond donors (Lipinski definition) is 3. The van der Waals surface area contributed by atoms with Crippen LogP contribution in [-0.4, -0.2) is 74.5 Å². The van der Waals surface area contributed by atoms with Crippen molar-refractivity contribution < 1.29 is 33.3 Å². The van der Waals surface area contributed by atoms with Crippen molar-refractivity contribution >= 4 is 50.3 Å². The molecule has 2 aromatic carbocycles. The second kappa shape index (κ2) is 13.1. The van der Waals surface area contributed by atoms with E-state index in [2.05, 4.69) is 35.6 Å². The molecule has 3 aromatic heterocycles. The van der Waals surface area contributed by atoms with Crippen molar-refractivity contribution in [3.05, 3.63) is 60.1 Å². The maximum atomic E-state index is 15.1. The zero-order valence-electron chi connectivity index (χ0n) is 24.1. The lowest BCUT2D eigenvalue weighted by atomic mass is 10.1. The zero-order valence-corrected chi connectivity index (χ0v) is 24.9. The van der Waals surface area contributed by atoms with Crippen molar-refractivity contribution in [2.24, 2.45) is 0 Å². The summed E-state index contributed by atoms with van der Waals surface area (Å²) in [5.74, 6) is -0.917. The first-order valence-electron chi connectivity index (χ1n) is 13.4. The highest BCUT2D eigenvalue weighted by Gasteiger charge is 2.22. The number of aliphatic hydroxyl groups is 1. The molecule has 5 rings (SSSR count). The molecule has 13 nitrogen and oxygen atoms in total. The number of thiazole rings is 1. The third-order valence-corrected chi connectivity index (χ3v) is 7.47. The quantitative estimate of drug-likeness (QED) is 0.203. The lowest BCUT2D eigenvalue weighted by Crippen LogP contribution is -2.33. The number of hydrogen-bond acceptors (Lipinski definition) is 12. The molecular formula is C29H28FN7O6S. The van der Waals surface area contributed by atoms with E-state index in [4.69, 9.17) is 19.3 Å². The average molecular weight is 622 g/mol. The SMILES string of the molecule is COc1cnc2c(-c3nc4cc(F)c(O[C@@H](C)[C@@H](C)OC(=O)Nc5cnc(C(=O)NCCO)nc5)cc4s3)cc(C)cc2n1. The number of carbonyl (C=O) groups is 2. The number of fused-ring (bicyclic) bond motifs is 2. The van der Waals surface area contributed by atoms with Crippen LogP contribution in [0.15, 0.2) is 42.9 Å². The fourth-order valence-electron chi connectivity index (χ4n) is 4.11. The molecule has 0 spiro atoms. The number of nitrogens with zero attached hydrogens (tertiary/aromatic N) is 5. The lowest BCUT2D eigenvalue weighted by molar-refractivity contribution is 0.0402. The Morgan fingerprint density at radius 1 is 1.02 bits per heavy atom. The number of aliphatic hydroxyl groups excluding tert-OH is 1. The highest BCUT2D eigenvalue weighted by Crippen LogP contribution is 2.37. The van der Waals surface area contributed by atoms with Gasteiger partial charge in [0.25, 0.3) is 5.91 Å². The molecule has 228 valence electrons. The number of amides is 2. The van der Waals surface area contributed by atoms with Gasteiger partial charge in [-0.05, 0) is 38.5 Å². The number of carbonyl (C=O) groups excluding carboxylic acids is 2. The third-order valence-electron chi connectivity index (χ3n) is 6.42. The van der Waals surface area contributed by atoms with Crippen molar-refractivity contribution in [3.63, 3.8) is 0 Å². The lowest BCUT2D eigenvalue weighted by Gasteiger charge is -2.22. The Morgan fingerprint density at radius 3 is 2.52 bits per heavy atom. The van der Waals surface area contributed by atoms with E-state index in [-0.39, 0.29) is 30.4 Å². The third kappa shape index (κ3) is 6.79. The van der Waals surface area contributed by atoms with Crippen LogP contribution < -0.4 is 20.1 Å². The Labute approximate surface area is 254 Å². The van der Waals surface area contributed by atoms with Gasteiger partial charge in [-0.1, -0.05) is 0 Å². The first-order valence-corrected chi connectivity index (χ1v) is 14.2. The van der Waals surface area contributed by atoms with E-state index in [9.17, 15) is 9.59 Å². The summed E-state index contributed by atoms with van der Waals surface area (Å²) in [5.41, 5.74) is 3.69. The highest BCUT2D eigenvalue weighted by molar-refractivity contribution is 7.21. The second-order valence-electron chi connectivity index (χ2n) is 9.70. The number of rotatable bonds is 10. The van der Waals surface area contributed by atoms with Gasteiger partial charge in [0.05, 0.1) is 59.2 Å². The number of halogens is 1. The van der Waals surface area contributed by atoms with E-state index in [0.717, 1.165) is 11.1 Å². The normalized spacial score (nSPS) is 12.5. The molecule has 0 aliphatic rings. The Bertz CT molecular complexity index is 1840. The van der Waals surface area contributed by atoms with Crippen LogP contribution in [0.2, 0.25) is 0 Å². The number of nitrogens with one attached hydrogen (secondary N) is 2. The molecule has 3 N–H and O–H groups in total. The summed E-state index contributed by atoms with van der Waals surface area (Å²) in [4.78, 5) is 45.6. The Morgan fingerprint density at radius 2 is 1.80 bits per heavy atom. The summed E-state index contributed by atoms with van der Waals surface area (Å²) in [7, 11) is 1.53. The average Bonchev–Trinajstić information content (AvgIpc) is 3.41. The van der Waals surface area contributed by atoms with Crippen molar-refractivity contribution in [1.82, 2.24) is 30.2 Å². The summed E-state index contributed by atoms with van der Waals surface area (Å²) in [6.07, 6.45) is 1.70. The molecule has 0 aliphatic carbocycles. The molecule has 2 atom stereocenters. The molecule has 0 saturated heterocycles. The van der Waals surface area contributed by atoms with Gasteiger partial charge < -0.3 is 24.6 Å². The van der Waals surface area contributed by atoms with Gasteiger partial charge >= 0.3 is 6.09 Å². The van der Waals surface area contributed by atoms with Crippen LogP contribution in [-0.2, 0) is 4.74 Å². The number of methoxy groups -OCH3 is 1. The molecule has 15 heteroatoms. The maximum absolute atomic E-state index is 15.1. The van der Waals surface area contributed by atoms with E-state index in [1.54, 1.807) is 19.9 Å². The van der Waals surface area contributed by atoms with Crippen LogP contribution in [0.25, 0.3) is 31.8 Å². The van der Waals surface area contributed by atoms with E-state index in [1.165, 1.54) is 43.1 Å². The molecule has 0 fully saturated rings. The van der Waals surface area contributed by atoms with E-state index >= 15 is 4.39 Å². The van der Waals surface area contributed by atoms with Gasteiger partial charge in [0.1, 0.15) is 17.2 Å². The smallest absolute Gasteiger partial charge is 0.412 e. The van der Waals surface area contributed by atoms with Gasteiger partial charge in [-0.2, -0.15) is 0 Å². The molecule has 5 aromatic rings. The largest absolute Gasteiger partial charge is 0.484 e. The standard InChI is InChI=1S/C29H28FN7O6S/c1-14-7-18(25-21(8-14)36-24(41-4)13-32-25)28-37-20-9-19(30)22(10-23(20)44-28)42-15(2)16(3)43-29(40)35-17-11-33-26(34-12-17)27(39)31-5-6-38/h7-13,15-16,38H,5-6H2,1-4H3,(H,31,39)(H,35,40)/t15-,16+/m0/s1. The molecule has 0 unspecified atom stereocenters. The van der Waals surface area contributed by atoms with Crippen LogP contribution in [0.5, 0.6) is 11.6 Å². The minimum atomic E-state index is -0.817. The predicted octanol–water partition coefficient (Wildman–Crippen LogP) is 4.28. The number of anilines is 1. The van der Waals surface area contributed by atoms with Crippen molar-refractivity contribution in [2.45, 2.75) is 33.0 Å². The summed E-state index contributed by atoms with van der Waals surface area (Å²) in [6.45, 7) is 5.04. The molecule has 2 amide bonds. The molecule has 0 radical (unpaired) electrons. The van der Waals surface area contributed by atoms with Crippen LogP contribution in [0.4, 0.5) is 14.9 Å². The molecule has 3 heterocycles. The van der Waals surface area contributed by atoms with Crippen molar-refractivity contribution in [3.8, 4) is 22.2 Å². The predicted molar refractivity (Wildman–Crippen MR) is 161 cm³/mol. The summed E-state index contributed by atoms with van der Waals surface area (Å²) in [6, 6.07) is 6.73. The second-order valence-corrected chi connectivity index (χ2v) is 10.7. The van der Waals surface area contributed by atoms with E-state index in [0.29, 0.717) is 32.1 Å². The summed E-state index contributed by atoms with van der Waals surface area (Å²) in [5, 5.41) is 14.3. The van der Waals surface area contributed by atoms with E-state index < -0.39 is 30.0 Å². The molecular weight excluding hydrogens is 593 g/mol. The molecule has 0 bridgehead atoms. The van der Waals surface area contributed by atoms with Crippen molar-refractivity contribution in [1.29, 1.82) is 0 Å². The van der Waals surface area contributed by atoms with Gasteiger partial charge in [-0.15, -0.1) is 11.3 Å². The maximum Gasteiger partial charge on any atom is 0.412 e. The van der Waals surface area contributed by atoms with Crippen LogP contribution >= 0.6 is 11.3 Å². The van der Waals surface area contributed by atoms with Crippen molar-refractivity contribution in [2.75, 3.05) is 25.6 Å². The van der Waals surface area contributed by atoms with Gasteiger partial charge in [0, 0.05) is 24.2 Å².